The molecule has 0 aromatic carbocycles. The fourth-order valence-electron chi connectivity index (χ4n) is 0.228. The topological polar surface area (TPSA) is 43.4 Å². The van der Waals surface area contributed by atoms with Gasteiger partial charge in [0.25, 0.3) is 0 Å². The number of carbonyl (C=O) groups is 1. The molecule has 0 heterocycles. The molecule has 0 bridgehead atoms. The van der Waals surface area contributed by atoms with Crippen LogP contribution in [-0.2, 0) is 46.6 Å². The van der Waals surface area contributed by atoms with Gasteiger partial charge >= 0.3 is 0 Å². The van der Waals surface area contributed by atoms with Crippen LogP contribution in [0.5, 0.6) is 0 Å². The Bertz CT molecular complexity index is 146. The predicted molar refractivity (Wildman–Crippen MR) is 36.1 cm³/mol. The molecule has 3 nitrogen and oxygen atoms in total. The van der Waals surface area contributed by atoms with E-state index in [2.05, 4.69) is 11.1 Å². The Morgan fingerprint density at radius 3 is 2.60 bits per heavy atom. The van der Waals surface area contributed by atoms with Gasteiger partial charge in [0.15, 0.2) is 8.03 Å². The first-order valence-electron chi connectivity index (χ1n) is 2.43. The average molecular weight is 237 g/mol. The molecule has 1 unspecified atom stereocenters. The minimum atomic E-state index is -1.91. The van der Waals surface area contributed by atoms with Crippen LogP contribution in [0.2, 0.25) is 0 Å². The molecular formula is C5H9O3PY. The summed E-state index contributed by atoms with van der Waals surface area (Å²) in [6.45, 7) is 4.87. The molecule has 55 valence electrons. The number of hydrogen-bond acceptors (Lipinski definition) is 3. The van der Waals surface area contributed by atoms with Gasteiger partial charge in [0, 0.05) is 44.9 Å². The Hall–Kier alpha value is 0.704. The van der Waals surface area contributed by atoms with Crippen molar-refractivity contribution in [1.82, 2.24) is 0 Å². The molecule has 0 fully saturated rings. The van der Waals surface area contributed by atoms with Gasteiger partial charge in [-0.1, -0.05) is 6.58 Å². The smallest absolute Gasteiger partial charge is 0.188 e. The third kappa shape index (κ3) is 8.70. The third-order valence-electron chi connectivity index (χ3n) is 0.627. The van der Waals surface area contributed by atoms with Crippen molar-refractivity contribution in [3.63, 3.8) is 0 Å². The first-order chi connectivity index (χ1) is 4.16. The van der Waals surface area contributed by atoms with E-state index in [1.807, 2.05) is 0 Å². The van der Waals surface area contributed by atoms with Gasteiger partial charge in [0.1, 0.15) is 6.29 Å². The number of aldehydes is 1. The Morgan fingerprint density at radius 2 is 2.30 bits per heavy atom. The Labute approximate surface area is 86.0 Å². The quantitative estimate of drug-likeness (QED) is 0.413. The van der Waals surface area contributed by atoms with E-state index >= 15 is 0 Å². The van der Waals surface area contributed by atoms with Crippen molar-refractivity contribution in [2.75, 3.05) is 13.3 Å². The molecule has 0 amide bonds. The van der Waals surface area contributed by atoms with Crippen molar-refractivity contribution in [3.05, 3.63) is 12.2 Å². The summed E-state index contributed by atoms with van der Waals surface area (Å²) in [5.41, 5.74) is 0.315. The standard InChI is InChI=1S/C5H9O3P.Y/c1-5(3-6)4-8-9(2)7;/h3,9H,1,4H2,2H3;. The molecule has 0 aliphatic carbocycles. The molecule has 0 rings (SSSR count). The van der Waals surface area contributed by atoms with Crippen molar-refractivity contribution in [3.8, 4) is 0 Å². The van der Waals surface area contributed by atoms with E-state index in [1.54, 1.807) is 0 Å². The molecule has 0 aromatic rings. The maximum atomic E-state index is 10.3. The molecule has 5 heteroatoms. The van der Waals surface area contributed by atoms with Gasteiger partial charge < -0.3 is 4.52 Å². The van der Waals surface area contributed by atoms with E-state index in [0.29, 0.717) is 11.9 Å². The van der Waals surface area contributed by atoms with Crippen molar-refractivity contribution in [2.45, 2.75) is 0 Å². The van der Waals surface area contributed by atoms with E-state index in [0.717, 1.165) is 0 Å². The van der Waals surface area contributed by atoms with Crippen LogP contribution in [0.15, 0.2) is 12.2 Å². The van der Waals surface area contributed by atoms with Gasteiger partial charge in [0.05, 0.1) is 6.61 Å². The van der Waals surface area contributed by atoms with E-state index in [9.17, 15) is 9.36 Å². The van der Waals surface area contributed by atoms with Crippen LogP contribution in [0, 0.1) is 0 Å². The third-order valence-corrected chi connectivity index (χ3v) is 1.18. The Kier molecular flexibility index (Phi) is 10.4. The van der Waals surface area contributed by atoms with Gasteiger partial charge in [-0.2, -0.15) is 0 Å². The van der Waals surface area contributed by atoms with Gasteiger partial charge in [-0.15, -0.1) is 0 Å². The summed E-state index contributed by atoms with van der Waals surface area (Å²) in [6, 6.07) is 0. The fraction of sp³-hybridized carbons (Fsp3) is 0.400. The summed E-state index contributed by atoms with van der Waals surface area (Å²) in [5, 5.41) is 0. The molecule has 1 atom stereocenters. The molecule has 1 radical (unpaired) electrons. The second kappa shape index (κ2) is 7.81. The fourth-order valence-corrected chi connectivity index (χ4v) is 0.617. The minimum Gasteiger partial charge on any atom is -0.326 e. The van der Waals surface area contributed by atoms with E-state index in [4.69, 9.17) is 0 Å². The van der Waals surface area contributed by atoms with Gasteiger partial charge in [-0.05, 0) is 0 Å². The van der Waals surface area contributed by atoms with Crippen LogP contribution in [-0.4, -0.2) is 19.6 Å². The predicted octanol–water partition coefficient (Wildman–Crippen LogP) is 0.860. The van der Waals surface area contributed by atoms with Gasteiger partial charge in [0.2, 0.25) is 0 Å². The van der Waals surface area contributed by atoms with E-state index in [1.165, 1.54) is 6.66 Å². The molecule has 10 heavy (non-hydrogen) atoms. The zero-order valence-electron chi connectivity index (χ0n) is 5.79. The maximum Gasteiger partial charge on any atom is 0.188 e. The van der Waals surface area contributed by atoms with Crippen LogP contribution >= 0.6 is 8.03 Å². The number of carbonyl (C=O) groups excluding carboxylic acids is 1. The largest absolute Gasteiger partial charge is 0.326 e. The first kappa shape index (κ1) is 13.3. The Balaban J connectivity index is 0. The van der Waals surface area contributed by atoms with Gasteiger partial charge in [-0.25, -0.2) is 0 Å². The SMILES string of the molecule is C=C(C=O)CO[PH](C)=O.[Y]. The number of hydrogen-bond donors (Lipinski definition) is 0. The van der Waals surface area contributed by atoms with Crippen LogP contribution in [0.25, 0.3) is 0 Å². The van der Waals surface area contributed by atoms with E-state index in [-0.39, 0.29) is 39.3 Å². The van der Waals surface area contributed by atoms with Gasteiger partial charge in [-0.3, -0.25) is 9.36 Å². The minimum absolute atomic E-state index is 0. The van der Waals surface area contributed by atoms with Crippen molar-refractivity contribution in [1.29, 1.82) is 0 Å². The molecule has 0 aliphatic rings. The van der Waals surface area contributed by atoms with Crippen molar-refractivity contribution < 1.29 is 46.6 Å². The normalized spacial score (nSPS) is 11.3. The summed E-state index contributed by atoms with van der Waals surface area (Å²) in [6.07, 6.45) is 0.588. The molecule has 0 aliphatic heterocycles. The van der Waals surface area contributed by atoms with Crippen molar-refractivity contribution >= 4 is 14.3 Å². The molecule has 0 aromatic heterocycles. The molecule has 0 saturated heterocycles. The zero-order valence-corrected chi connectivity index (χ0v) is 9.63. The monoisotopic (exact) mass is 237 g/mol. The second-order valence-electron chi connectivity index (χ2n) is 1.56. The summed E-state index contributed by atoms with van der Waals surface area (Å²) >= 11 is 0. The molecule has 0 spiro atoms. The van der Waals surface area contributed by atoms with Crippen LogP contribution in [0.1, 0.15) is 0 Å². The van der Waals surface area contributed by atoms with E-state index < -0.39 is 8.03 Å². The maximum absolute atomic E-state index is 10.3. The van der Waals surface area contributed by atoms with Crippen LogP contribution in [0.3, 0.4) is 0 Å². The number of rotatable bonds is 4. The first-order valence-corrected chi connectivity index (χ1v) is 4.24. The Morgan fingerprint density at radius 1 is 1.80 bits per heavy atom. The van der Waals surface area contributed by atoms with Crippen LogP contribution in [0.4, 0.5) is 0 Å². The zero-order chi connectivity index (χ0) is 7.28. The average Bonchev–Trinajstić information content (AvgIpc) is 1.83. The van der Waals surface area contributed by atoms with Crippen LogP contribution < -0.4 is 0 Å². The van der Waals surface area contributed by atoms with Crippen molar-refractivity contribution in [2.24, 2.45) is 0 Å². The second-order valence-corrected chi connectivity index (χ2v) is 2.83. The molecule has 0 N–H and O–H groups in total. The molecule has 0 saturated carbocycles. The summed E-state index contributed by atoms with van der Waals surface area (Å²) in [7, 11) is -1.91. The summed E-state index contributed by atoms with van der Waals surface area (Å²) in [5.74, 6) is 0. The summed E-state index contributed by atoms with van der Waals surface area (Å²) < 4.78 is 14.9. The summed E-state index contributed by atoms with van der Waals surface area (Å²) in [4.78, 5) is 9.85. The molecular weight excluding hydrogens is 228 g/mol.